The maximum absolute atomic E-state index is 14.2. The van der Waals surface area contributed by atoms with Crippen LogP contribution in [0.15, 0.2) is 35.5 Å². The first-order valence-electron chi connectivity index (χ1n) is 7.60. The maximum atomic E-state index is 14.2. The third kappa shape index (κ3) is 4.03. The topological polar surface area (TPSA) is 58.5 Å². The zero-order valence-electron chi connectivity index (χ0n) is 14.3. The number of carbonyl (C=O) groups is 1. The Morgan fingerprint density at radius 3 is 1.90 bits per heavy atom. The quantitative estimate of drug-likeness (QED) is 0.439. The molecule has 2 rings (SSSR count). The Balaban J connectivity index is 2.52. The highest BCUT2D eigenvalue weighted by Crippen LogP contribution is 2.52. The van der Waals surface area contributed by atoms with Gasteiger partial charge >= 0.3 is 18.0 Å². The SMILES string of the molecule is [B]c1cc(C(F)(C(F)(F)F)C(F)(F)F)cc([B])c1NC(=O)c1cccc(N=O)c1Cl. The molecule has 14 heteroatoms. The molecule has 0 unspecified atom stereocenters. The molecule has 2 aromatic rings. The molecule has 30 heavy (non-hydrogen) atoms. The Morgan fingerprint density at radius 1 is 0.967 bits per heavy atom. The van der Waals surface area contributed by atoms with Crippen molar-refractivity contribution in [2.75, 3.05) is 5.32 Å². The number of benzene rings is 2. The maximum Gasteiger partial charge on any atom is 0.435 e. The largest absolute Gasteiger partial charge is 0.435 e. The van der Waals surface area contributed by atoms with Gasteiger partial charge in [0.25, 0.3) is 5.91 Å². The minimum atomic E-state index is -6.37. The minimum absolute atomic E-state index is 0.0535. The van der Waals surface area contributed by atoms with Crippen LogP contribution in [0.1, 0.15) is 15.9 Å². The fourth-order valence-electron chi connectivity index (χ4n) is 2.47. The number of nitrogens with zero attached hydrogens (tertiary/aromatic N) is 1. The van der Waals surface area contributed by atoms with Gasteiger partial charge in [0.1, 0.15) is 21.4 Å². The summed E-state index contributed by atoms with van der Waals surface area (Å²) in [6.07, 6.45) is -12.7. The van der Waals surface area contributed by atoms with Crippen molar-refractivity contribution in [3.8, 4) is 0 Å². The first-order chi connectivity index (χ1) is 13.6. The molecule has 0 saturated carbocycles. The summed E-state index contributed by atoms with van der Waals surface area (Å²) < 4.78 is 91.6. The second kappa shape index (κ2) is 7.93. The van der Waals surface area contributed by atoms with Crippen molar-refractivity contribution >= 4 is 55.5 Å². The Bertz CT molecular complexity index is 975. The molecule has 0 heterocycles. The molecule has 154 valence electrons. The third-order valence-electron chi connectivity index (χ3n) is 3.94. The number of anilines is 1. The van der Waals surface area contributed by atoms with Crippen LogP contribution in [-0.4, -0.2) is 34.0 Å². The number of carbonyl (C=O) groups excluding carboxylic acids is 1. The van der Waals surface area contributed by atoms with Gasteiger partial charge in [-0.25, -0.2) is 4.39 Å². The standard InChI is InChI=1S/C16H6B2ClF7N2O2/c17-8-4-6(14(20,15(21,22)23)16(24,25)26)5-9(18)12(8)27-13(29)7-2-1-3-10(28-30)11(7)19/h1-5H,(H,27,29). The molecule has 0 aliphatic heterocycles. The molecule has 4 nitrogen and oxygen atoms in total. The van der Waals surface area contributed by atoms with Gasteiger partial charge in [0.05, 0.1) is 10.6 Å². The molecule has 0 fully saturated rings. The first-order valence-corrected chi connectivity index (χ1v) is 7.98. The number of alkyl halides is 7. The fourth-order valence-corrected chi connectivity index (χ4v) is 2.71. The van der Waals surface area contributed by atoms with Crippen LogP contribution in [-0.2, 0) is 5.67 Å². The van der Waals surface area contributed by atoms with E-state index in [-0.39, 0.29) is 28.4 Å². The molecule has 0 aliphatic rings. The van der Waals surface area contributed by atoms with Crippen molar-refractivity contribution in [2.45, 2.75) is 18.0 Å². The lowest BCUT2D eigenvalue weighted by atomic mass is 9.79. The summed E-state index contributed by atoms with van der Waals surface area (Å²) in [4.78, 5) is 23.0. The van der Waals surface area contributed by atoms with E-state index in [0.717, 1.165) is 6.07 Å². The predicted molar refractivity (Wildman–Crippen MR) is 97.0 cm³/mol. The smallest absolute Gasteiger partial charge is 0.323 e. The van der Waals surface area contributed by atoms with Crippen molar-refractivity contribution in [3.63, 3.8) is 0 Å². The highest BCUT2D eigenvalue weighted by atomic mass is 35.5. The average molecular weight is 448 g/mol. The van der Waals surface area contributed by atoms with Crippen molar-refractivity contribution in [2.24, 2.45) is 5.18 Å². The number of amides is 1. The van der Waals surface area contributed by atoms with E-state index < -0.39 is 46.1 Å². The Hall–Kier alpha value is -2.56. The summed E-state index contributed by atoms with van der Waals surface area (Å²) in [5.41, 5.74) is -10.6. The van der Waals surface area contributed by atoms with Crippen LogP contribution in [0, 0.1) is 4.91 Å². The van der Waals surface area contributed by atoms with Crippen LogP contribution < -0.4 is 16.2 Å². The van der Waals surface area contributed by atoms with E-state index in [1.165, 1.54) is 12.1 Å². The molecule has 1 N–H and O–H groups in total. The van der Waals surface area contributed by atoms with E-state index in [1.54, 1.807) is 0 Å². The van der Waals surface area contributed by atoms with Gasteiger partial charge < -0.3 is 5.32 Å². The molecular weight excluding hydrogens is 442 g/mol. The van der Waals surface area contributed by atoms with E-state index in [4.69, 9.17) is 27.3 Å². The zero-order chi connectivity index (χ0) is 23.1. The van der Waals surface area contributed by atoms with Crippen LogP contribution in [0.5, 0.6) is 0 Å². The van der Waals surface area contributed by atoms with E-state index in [9.17, 15) is 40.4 Å². The average Bonchev–Trinajstić information content (AvgIpc) is 2.61. The second-order valence-electron chi connectivity index (χ2n) is 5.87. The number of rotatable bonds is 4. The number of hydrogen-bond acceptors (Lipinski definition) is 3. The van der Waals surface area contributed by atoms with Crippen molar-refractivity contribution in [3.05, 3.63) is 51.4 Å². The molecular formula is C16H6B2ClF7N2O2. The lowest BCUT2D eigenvalue weighted by Gasteiger charge is -2.31. The van der Waals surface area contributed by atoms with Crippen LogP contribution >= 0.6 is 11.6 Å². The van der Waals surface area contributed by atoms with Gasteiger partial charge in [-0.3, -0.25) is 4.79 Å². The normalized spacial score (nSPS) is 12.5. The number of nitrogens with one attached hydrogen (secondary N) is 1. The zero-order valence-corrected chi connectivity index (χ0v) is 15.1. The summed E-state index contributed by atoms with van der Waals surface area (Å²) in [5.74, 6) is -1.06. The highest BCUT2D eigenvalue weighted by molar-refractivity contribution is 6.45. The molecule has 0 aromatic heterocycles. The van der Waals surface area contributed by atoms with Crippen molar-refractivity contribution in [1.29, 1.82) is 0 Å². The Labute approximate surface area is 171 Å². The van der Waals surface area contributed by atoms with Gasteiger partial charge in [-0.15, -0.1) is 4.91 Å². The summed E-state index contributed by atoms with van der Waals surface area (Å²) >= 11 is 5.82. The summed E-state index contributed by atoms with van der Waals surface area (Å²) in [6.45, 7) is 0. The second-order valence-corrected chi connectivity index (χ2v) is 6.25. The number of nitroso groups, excluding NO2 is 1. The van der Waals surface area contributed by atoms with Gasteiger partial charge in [0.2, 0.25) is 0 Å². The van der Waals surface area contributed by atoms with Crippen LogP contribution in [0.4, 0.5) is 42.1 Å². The lowest BCUT2D eigenvalue weighted by Crippen LogP contribution is -2.51. The predicted octanol–water partition coefficient (Wildman–Crippen LogP) is 3.87. The molecule has 0 bridgehead atoms. The molecule has 2 aromatic carbocycles. The van der Waals surface area contributed by atoms with Crippen LogP contribution in [0.2, 0.25) is 5.02 Å². The first kappa shape index (κ1) is 23.7. The van der Waals surface area contributed by atoms with E-state index >= 15 is 0 Å². The molecule has 0 atom stereocenters. The lowest BCUT2D eigenvalue weighted by molar-refractivity contribution is -0.348. The Kier molecular flexibility index (Phi) is 6.27. The number of hydrogen-bond donors (Lipinski definition) is 1. The van der Waals surface area contributed by atoms with Gasteiger partial charge in [0, 0.05) is 11.3 Å². The van der Waals surface area contributed by atoms with Gasteiger partial charge in [-0.1, -0.05) is 40.7 Å². The number of halogens is 8. The summed E-state index contributed by atoms with van der Waals surface area (Å²) in [6, 6.07) is 3.67. The fraction of sp³-hybridized carbons (Fsp3) is 0.188. The van der Waals surface area contributed by atoms with Crippen molar-refractivity contribution < 1.29 is 35.5 Å². The molecule has 4 radical (unpaired) electrons. The van der Waals surface area contributed by atoms with Crippen LogP contribution in [0.3, 0.4) is 0 Å². The van der Waals surface area contributed by atoms with Crippen LogP contribution in [0.25, 0.3) is 0 Å². The van der Waals surface area contributed by atoms with E-state index in [2.05, 4.69) is 5.18 Å². The monoisotopic (exact) mass is 448 g/mol. The van der Waals surface area contributed by atoms with E-state index in [0.29, 0.717) is 0 Å². The molecule has 0 spiro atoms. The van der Waals surface area contributed by atoms with E-state index in [1.807, 2.05) is 5.32 Å². The Morgan fingerprint density at radius 2 is 1.47 bits per heavy atom. The summed E-state index contributed by atoms with van der Waals surface area (Å²) in [5, 5.41) is 4.24. The molecule has 0 saturated heterocycles. The van der Waals surface area contributed by atoms with Gasteiger partial charge in [-0.2, -0.15) is 26.3 Å². The molecule has 1 amide bonds. The summed E-state index contributed by atoms with van der Waals surface area (Å²) in [7, 11) is 10.9. The van der Waals surface area contributed by atoms with Gasteiger partial charge in [-0.05, 0) is 17.3 Å². The molecule has 0 aliphatic carbocycles. The van der Waals surface area contributed by atoms with Crippen molar-refractivity contribution in [1.82, 2.24) is 0 Å². The highest BCUT2D eigenvalue weighted by Gasteiger charge is 2.73. The minimum Gasteiger partial charge on any atom is -0.323 e. The third-order valence-corrected chi connectivity index (χ3v) is 4.34. The van der Waals surface area contributed by atoms with Gasteiger partial charge in [0.15, 0.2) is 0 Å².